The zero-order valence-electron chi connectivity index (χ0n) is 13.8. The number of hydrogen-bond donors (Lipinski definition) is 0. The smallest absolute Gasteiger partial charge is 0.234 e. The highest BCUT2D eigenvalue weighted by Gasteiger charge is 2.51. The molecule has 2 aliphatic rings. The first-order chi connectivity index (χ1) is 11.4. The fraction of sp³-hybridized carbons (Fsp3) is 0.421. The Morgan fingerprint density at radius 1 is 1.08 bits per heavy atom. The van der Waals surface area contributed by atoms with Crippen molar-refractivity contribution in [1.82, 2.24) is 4.90 Å². The number of hydrogen-bond acceptors (Lipinski definition) is 4. The number of carbonyl (C=O) groups excluding carboxylic acids is 3. The van der Waals surface area contributed by atoms with Crippen LogP contribution >= 0.6 is 0 Å². The first kappa shape index (κ1) is 16.4. The van der Waals surface area contributed by atoms with Crippen LogP contribution in [0, 0.1) is 11.8 Å². The molecule has 0 N–H and O–H groups in total. The van der Waals surface area contributed by atoms with E-state index in [1.54, 1.807) is 24.3 Å². The molecule has 1 fully saturated rings. The Balaban J connectivity index is 1.88. The first-order valence-corrected chi connectivity index (χ1v) is 8.17. The van der Waals surface area contributed by atoms with Gasteiger partial charge < -0.3 is 9.90 Å². The summed E-state index contributed by atoms with van der Waals surface area (Å²) < 4.78 is 0. The van der Waals surface area contributed by atoms with Gasteiger partial charge in [0.05, 0.1) is 23.8 Å². The van der Waals surface area contributed by atoms with Gasteiger partial charge in [-0.3, -0.25) is 14.5 Å². The molecule has 5 heteroatoms. The molecule has 1 aromatic carbocycles. The summed E-state index contributed by atoms with van der Waals surface area (Å²) in [7, 11) is 0. The van der Waals surface area contributed by atoms with Crippen molar-refractivity contribution in [2.24, 2.45) is 11.8 Å². The van der Waals surface area contributed by atoms with Crippen molar-refractivity contribution in [3.05, 3.63) is 47.0 Å². The Bertz CT molecular complexity index is 690. The minimum Gasteiger partial charge on any atom is -0.548 e. The summed E-state index contributed by atoms with van der Waals surface area (Å²) in [6, 6.07) is 7.74. The molecule has 0 unspecified atom stereocenters. The zero-order valence-corrected chi connectivity index (χ0v) is 13.8. The van der Waals surface area contributed by atoms with Crippen LogP contribution in [-0.2, 0) is 20.8 Å². The molecule has 0 saturated carbocycles. The van der Waals surface area contributed by atoms with E-state index in [0.717, 1.165) is 21.6 Å². The number of carboxylic acids is 1. The highest BCUT2D eigenvalue weighted by molar-refractivity contribution is 6.08. The van der Waals surface area contributed by atoms with Gasteiger partial charge in [-0.2, -0.15) is 0 Å². The third-order valence-electron chi connectivity index (χ3n) is 5.23. The van der Waals surface area contributed by atoms with Gasteiger partial charge in [0, 0.05) is 0 Å². The van der Waals surface area contributed by atoms with Gasteiger partial charge in [0.25, 0.3) is 0 Å². The number of aliphatic carboxylic acids is 1. The van der Waals surface area contributed by atoms with Crippen molar-refractivity contribution >= 4 is 17.8 Å². The lowest BCUT2D eigenvalue weighted by Crippen LogP contribution is -2.52. The van der Waals surface area contributed by atoms with E-state index in [-0.39, 0.29) is 18.2 Å². The summed E-state index contributed by atoms with van der Waals surface area (Å²) >= 11 is 0. The molecule has 0 radical (unpaired) electrons. The minimum absolute atomic E-state index is 0.0749. The molecule has 1 aliphatic carbocycles. The number of carbonyl (C=O) groups is 3. The SMILES string of the molecule is CC1=C(C)C[C@H]2C(=O)N([C@@H](Cc3ccccc3)C(=O)[O-])C(=O)[C@H]2C1. The summed E-state index contributed by atoms with van der Waals surface area (Å²) in [6.45, 7) is 3.93. The summed E-state index contributed by atoms with van der Waals surface area (Å²) in [5, 5.41) is 11.6. The average molecular weight is 326 g/mol. The summed E-state index contributed by atoms with van der Waals surface area (Å²) in [5.41, 5.74) is 2.99. The summed E-state index contributed by atoms with van der Waals surface area (Å²) in [5.74, 6) is -3.00. The fourth-order valence-corrected chi connectivity index (χ4v) is 3.70. The quantitative estimate of drug-likeness (QED) is 0.613. The molecule has 1 aromatic rings. The average Bonchev–Trinajstić information content (AvgIpc) is 2.78. The predicted octanol–water partition coefficient (Wildman–Crippen LogP) is 1.08. The lowest BCUT2D eigenvalue weighted by molar-refractivity contribution is -0.310. The van der Waals surface area contributed by atoms with E-state index >= 15 is 0 Å². The number of imide groups is 1. The van der Waals surface area contributed by atoms with Gasteiger partial charge in [-0.25, -0.2) is 0 Å². The number of rotatable bonds is 4. The number of nitrogens with zero attached hydrogens (tertiary/aromatic N) is 1. The number of fused-ring (bicyclic) bond motifs is 1. The lowest BCUT2D eigenvalue weighted by Gasteiger charge is -2.27. The Kier molecular flexibility index (Phi) is 4.26. The molecule has 0 aromatic heterocycles. The second kappa shape index (κ2) is 6.23. The van der Waals surface area contributed by atoms with Crippen LogP contribution in [0.25, 0.3) is 0 Å². The largest absolute Gasteiger partial charge is 0.548 e. The molecule has 2 amide bonds. The first-order valence-electron chi connectivity index (χ1n) is 8.17. The second-order valence-electron chi connectivity index (χ2n) is 6.75. The van der Waals surface area contributed by atoms with Crippen molar-refractivity contribution < 1.29 is 19.5 Å². The van der Waals surface area contributed by atoms with E-state index in [1.165, 1.54) is 0 Å². The maximum absolute atomic E-state index is 12.7. The van der Waals surface area contributed by atoms with Gasteiger partial charge in [0.1, 0.15) is 0 Å². The monoisotopic (exact) mass is 326 g/mol. The van der Waals surface area contributed by atoms with E-state index in [2.05, 4.69) is 0 Å². The van der Waals surface area contributed by atoms with Crippen LogP contribution in [-0.4, -0.2) is 28.7 Å². The molecule has 1 heterocycles. The van der Waals surface area contributed by atoms with E-state index in [1.807, 2.05) is 19.9 Å². The zero-order chi connectivity index (χ0) is 17.4. The van der Waals surface area contributed by atoms with Crippen molar-refractivity contribution in [2.75, 3.05) is 0 Å². The van der Waals surface area contributed by atoms with Crippen LogP contribution in [0.3, 0.4) is 0 Å². The van der Waals surface area contributed by atoms with E-state index in [9.17, 15) is 19.5 Å². The minimum atomic E-state index is -1.39. The third kappa shape index (κ3) is 2.75. The Hall–Kier alpha value is -2.43. The van der Waals surface area contributed by atoms with Gasteiger partial charge >= 0.3 is 0 Å². The Morgan fingerprint density at radius 3 is 2.04 bits per heavy atom. The molecule has 24 heavy (non-hydrogen) atoms. The van der Waals surface area contributed by atoms with Crippen molar-refractivity contribution in [3.8, 4) is 0 Å². The van der Waals surface area contributed by atoms with Crippen molar-refractivity contribution in [1.29, 1.82) is 0 Å². The van der Waals surface area contributed by atoms with Crippen molar-refractivity contribution in [2.45, 2.75) is 39.2 Å². The molecule has 1 aliphatic heterocycles. The third-order valence-corrected chi connectivity index (χ3v) is 5.23. The summed E-state index contributed by atoms with van der Waals surface area (Å²) in [6.07, 6.45) is 1.14. The standard InChI is InChI=1S/C19H21NO4/c1-11-8-14-15(9-12(11)2)18(22)20(17(14)21)16(19(23)24)10-13-6-4-3-5-7-13/h3-7,14-16H,8-10H2,1-2H3,(H,23,24)/p-1/t14-,15+,16-/m0/s1. The molecule has 0 spiro atoms. The molecule has 126 valence electrons. The highest BCUT2D eigenvalue weighted by Crippen LogP contribution is 2.41. The predicted molar refractivity (Wildman–Crippen MR) is 85.4 cm³/mol. The lowest BCUT2D eigenvalue weighted by atomic mass is 9.78. The van der Waals surface area contributed by atoms with Crippen LogP contribution in [0.15, 0.2) is 41.5 Å². The molecule has 3 atom stereocenters. The van der Waals surface area contributed by atoms with Gasteiger partial charge in [-0.1, -0.05) is 41.5 Å². The second-order valence-corrected chi connectivity index (χ2v) is 6.75. The Morgan fingerprint density at radius 2 is 1.58 bits per heavy atom. The number of likely N-dealkylation sites (tertiary alicyclic amines) is 1. The number of allylic oxidation sites excluding steroid dienone is 2. The van der Waals surface area contributed by atoms with Crippen LogP contribution in [0.5, 0.6) is 0 Å². The maximum Gasteiger partial charge on any atom is 0.234 e. The molecule has 5 nitrogen and oxygen atoms in total. The maximum atomic E-state index is 12.7. The van der Waals surface area contributed by atoms with Crippen LogP contribution in [0.4, 0.5) is 0 Å². The fourth-order valence-electron chi connectivity index (χ4n) is 3.70. The van der Waals surface area contributed by atoms with Gasteiger partial charge in [0.15, 0.2) is 0 Å². The van der Waals surface area contributed by atoms with Crippen molar-refractivity contribution in [3.63, 3.8) is 0 Å². The molecular formula is C19H20NO4-. The highest BCUT2D eigenvalue weighted by atomic mass is 16.4. The topological polar surface area (TPSA) is 77.5 Å². The summed E-state index contributed by atoms with van der Waals surface area (Å²) in [4.78, 5) is 38.1. The number of benzene rings is 1. The van der Waals surface area contributed by atoms with Gasteiger partial charge in [0.2, 0.25) is 11.8 Å². The van der Waals surface area contributed by atoms with Crippen LogP contribution < -0.4 is 5.11 Å². The number of amides is 2. The van der Waals surface area contributed by atoms with Crippen LogP contribution in [0.2, 0.25) is 0 Å². The molecule has 0 bridgehead atoms. The van der Waals surface area contributed by atoms with E-state index in [0.29, 0.717) is 12.8 Å². The Labute approximate surface area is 141 Å². The molecule has 3 rings (SSSR count). The van der Waals surface area contributed by atoms with Gasteiger partial charge in [-0.05, 0) is 38.7 Å². The molecular weight excluding hydrogens is 306 g/mol. The van der Waals surface area contributed by atoms with Crippen LogP contribution in [0.1, 0.15) is 32.3 Å². The van der Waals surface area contributed by atoms with E-state index < -0.39 is 23.8 Å². The molecule has 1 saturated heterocycles. The number of carboxylic acid groups (broad SMARTS) is 1. The van der Waals surface area contributed by atoms with E-state index in [4.69, 9.17) is 0 Å². The van der Waals surface area contributed by atoms with Gasteiger partial charge in [-0.15, -0.1) is 0 Å². The normalized spacial score (nSPS) is 25.0.